The Labute approximate surface area is 81.6 Å². The van der Waals surface area contributed by atoms with Crippen LogP contribution in [0, 0.1) is 6.92 Å². The van der Waals surface area contributed by atoms with E-state index in [0.717, 1.165) is 4.88 Å². The van der Waals surface area contributed by atoms with Gasteiger partial charge in [-0.05, 0) is 21.0 Å². The first-order chi connectivity index (χ1) is 6.08. The number of rotatable bonds is 3. The second-order valence-electron chi connectivity index (χ2n) is 3.06. The van der Waals surface area contributed by atoms with Crippen molar-refractivity contribution in [2.75, 3.05) is 26.0 Å². The average Bonchev–Trinajstić information content (AvgIpc) is 2.33. The van der Waals surface area contributed by atoms with Gasteiger partial charge in [-0.2, -0.15) is 0 Å². The quantitative estimate of drug-likeness (QED) is 0.788. The topological polar surface area (TPSA) is 45.2 Å². The molecule has 0 aromatic carbocycles. The third-order valence-corrected chi connectivity index (χ3v) is 2.16. The predicted octanol–water partition coefficient (Wildman–Crippen LogP) is 0.952. The lowest BCUT2D eigenvalue weighted by Crippen LogP contribution is -2.26. The first-order valence-electron chi connectivity index (χ1n) is 3.95. The fourth-order valence-electron chi connectivity index (χ4n) is 0.859. The molecule has 0 aliphatic rings. The van der Waals surface area contributed by atoms with Crippen LogP contribution in [0.5, 0.6) is 0 Å². The molecule has 1 aromatic heterocycles. The number of anilines is 1. The van der Waals surface area contributed by atoms with Crippen LogP contribution >= 0.6 is 11.3 Å². The van der Waals surface area contributed by atoms with Crippen LogP contribution < -0.4 is 5.32 Å². The van der Waals surface area contributed by atoms with Gasteiger partial charge in [0.1, 0.15) is 0 Å². The highest BCUT2D eigenvalue weighted by atomic mass is 32.1. The van der Waals surface area contributed by atoms with E-state index in [1.165, 1.54) is 11.3 Å². The van der Waals surface area contributed by atoms with Gasteiger partial charge in [0.25, 0.3) is 0 Å². The van der Waals surface area contributed by atoms with Gasteiger partial charge in [0.05, 0.1) is 6.54 Å². The molecule has 0 bridgehead atoms. The Morgan fingerprint density at radius 3 is 2.85 bits per heavy atom. The summed E-state index contributed by atoms with van der Waals surface area (Å²) < 4.78 is 0. The van der Waals surface area contributed by atoms with Crippen molar-refractivity contribution < 1.29 is 4.79 Å². The molecule has 4 nitrogen and oxygen atoms in total. The minimum Gasteiger partial charge on any atom is -0.301 e. The summed E-state index contributed by atoms with van der Waals surface area (Å²) in [6, 6.07) is 0. The molecular weight excluding hydrogens is 186 g/mol. The van der Waals surface area contributed by atoms with E-state index in [9.17, 15) is 4.79 Å². The summed E-state index contributed by atoms with van der Waals surface area (Å²) in [5.41, 5.74) is 0. The molecule has 0 unspecified atom stereocenters. The number of hydrogen-bond acceptors (Lipinski definition) is 4. The highest BCUT2D eigenvalue weighted by molar-refractivity contribution is 7.15. The lowest BCUT2D eigenvalue weighted by atomic mass is 10.5. The van der Waals surface area contributed by atoms with E-state index in [0.29, 0.717) is 11.7 Å². The number of thiazole rings is 1. The Morgan fingerprint density at radius 1 is 1.69 bits per heavy atom. The van der Waals surface area contributed by atoms with Gasteiger partial charge in [0.15, 0.2) is 5.13 Å². The molecule has 1 heterocycles. The number of aromatic nitrogens is 1. The minimum atomic E-state index is -0.0284. The molecule has 0 atom stereocenters. The second-order valence-corrected chi connectivity index (χ2v) is 4.30. The Kier molecular flexibility index (Phi) is 3.39. The smallest absolute Gasteiger partial charge is 0.240 e. The molecule has 0 aliphatic carbocycles. The summed E-state index contributed by atoms with van der Waals surface area (Å²) in [6.07, 6.45) is 1.75. The van der Waals surface area contributed by atoms with Crippen LogP contribution in [0.15, 0.2) is 6.20 Å². The molecule has 0 radical (unpaired) electrons. The number of likely N-dealkylation sites (N-methyl/N-ethyl adjacent to an activating group) is 1. The molecule has 1 rings (SSSR count). The van der Waals surface area contributed by atoms with Crippen LogP contribution in [-0.4, -0.2) is 36.4 Å². The third-order valence-electron chi connectivity index (χ3n) is 1.33. The van der Waals surface area contributed by atoms with E-state index in [-0.39, 0.29) is 5.91 Å². The second kappa shape index (κ2) is 4.34. The van der Waals surface area contributed by atoms with Crippen molar-refractivity contribution in [3.63, 3.8) is 0 Å². The predicted molar refractivity (Wildman–Crippen MR) is 54.0 cm³/mol. The van der Waals surface area contributed by atoms with Crippen LogP contribution in [0.25, 0.3) is 0 Å². The summed E-state index contributed by atoms with van der Waals surface area (Å²) >= 11 is 1.48. The molecule has 72 valence electrons. The van der Waals surface area contributed by atoms with Gasteiger partial charge in [-0.25, -0.2) is 4.98 Å². The van der Waals surface area contributed by atoms with E-state index in [1.807, 2.05) is 25.9 Å². The average molecular weight is 199 g/mol. The third kappa shape index (κ3) is 3.52. The maximum Gasteiger partial charge on any atom is 0.240 e. The number of aryl methyl sites for hydroxylation is 1. The molecule has 0 aliphatic heterocycles. The molecule has 0 spiro atoms. The zero-order valence-corrected chi connectivity index (χ0v) is 8.81. The van der Waals surface area contributed by atoms with Crippen molar-refractivity contribution in [3.8, 4) is 0 Å². The van der Waals surface area contributed by atoms with Crippen molar-refractivity contribution in [1.82, 2.24) is 9.88 Å². The molecule has 0 saturated heterocycles. The molecule has 0 fully saturated rings. The monoisotopic (exact) mass is 199 g/mol. The van der Waals surface area contributed by atoms with Crippen LogP contribution in [0.4, 0.5) is 5.13 Å². The Hall–Kier alpha value is -0.940. The number of hydrogen-bond donors (Lipinski definition) is 1. The summed E-state index contributed by atoms with van der Waals surface area (Å²) in [6.45, 7) is 2.35. The van der Waals surface area contributed by atoms with Crippen molar-refractivity contribution in [2.24, 2.45) is 0 Å². The molecule has 5 heteroatoms. The number of amides is 1. The zero-order valence-electron chi connectivity index (χ0n) is 8.00. The highest BCUT2D eigenvalue weighted by Crippen LogP contribution is 2.15. The molecular formula is C8H13N3OS. The maximum atomic E-state index is 11.2. The van der Waals surface area contributed by atoms with E-state index in [2.05, 4.69) is 10.3 Å². The summed E-state index contributed by atoms with van der Waals surface area (Å²) in [7, 11) is 3.71. The molecule has 0 saturated carbocycles. The normalized spacial score (nSPS) is 10.5. The standard InChI is InChI=1S/C8H13N3OS/c1-6-4-9-8(13-6)10-7(12)5-11(2)3/h4H,5H2,1-3H3,(H,9,10,12). The SMILES string of the molecule is Cc1cnc(NC(=O)CN(C)C)s1. The van der Waals surface area contributed by atoms with Gasteiger partial charge in [0.2, 0.25) is 5.91 Å². The van der Waals surface area contributed by atoms with Crippen molar-refractivity contribution >= 4 is 22.4 Å². The number of nitrogens with zero attached hydrogens (tertiary/aromatic N) is 2. The fraction of sp³-hybridized carbons (Fsp3) is 0.500. The van der Waals surface area contributed by atoms with Gasteiger partial charge in [0, 0.05) is 11.1 Å². The summed E-state index contributed by atoms with van der Waals surface area (Å²) in [5, 5.41) is 3.39. The van der Waals surface area contributed by atoms with Gasteiger partial charge >= 0.3 is 0 Å². The van der Waals surface area contributed by atoms with E-state index in [1.54, 1.807) is 6.20 Å². The zero-order chi connectivity index (χ0) is 9.84. The van der Waals surface area contributed by atoms with Gasteiger partial charge in [-0.1, -0.05) is 0 Å². The van der Waals surface area contributed by atoms with Crippen molar-refractivity contribution in [1.29, 1.82) is 0 Å². The first kappa shape index (κ1) is 10.1. The minimum absolute atomic E-state index is 0.0284. The molecule has 1 amide bonds. The molecule has 1 aromatic rings. The van der Waals surface area contributed by atoms with E-state index in [4.69, 9.17) is 0 Å². The Balaban J connectivity index is 2.45. The first-order valence-corrected chi connectivity index (χ1v) is 4.76. The lowest BCUT2D eigenvalue weighted by Gasteiger charge is -2.07. The largest absolute Gasteiger partial charge is 0.301 e. The van der Waals surface area contributed by atoms with Crippen LogP contribution in [0.1, 0.15) is 4.88 Å². The summed E-state index contributed by atoms with van der Waals surface area (Å²) in [5.74, 6) is -0.0284. The summed E-state index contributed by atoms with van der Waals surface area (Å²) in [4.78, 5) is 18.2. The van der Waals surface area contributed by atoms with Crippen molar-refractivity contribution in [2.45, 2.75) is 6.92 Å². The molecule has 1 N–H and O–H groups in total. The van der Waals surface area contributed by atoms with Gasteiger partial charge in [-0.15, -0.1) is 11.3 Å². The number of nitrogens with one attached hydrogen (secondary N) is 1. The number of carbonyl (C=O) groups is 1. The Morgan fingerprint density at radius 2 is 2.38 bits per heavy atom. The van der Waals surface area contributed by atoms with Crippen molar-refractivity contribution in [3.05, 3.63) is 11.1 Å². The maximum absolute atomic E-state index is 11.2. The van der Waals surface area contributed by atoms with Gasteiger partial charge in [-0.3, -0.25) is 4.79 Å². The van der Waals surface area contributed by atoms with Crippen LogP contribution in [-0.2, 0) is 4.79 Å². The van der Waals surface area contributed by atoms with Gasteiger partial charge < -0.3 is 10.2 Å². The molecule has 13 heavy (non-hydrogen) atoms. The number of carbonyl (C=O) groups excluding carboxylic acids is 1. The Bertz CT molecular complexity index is 295. The van der Waals surface area contributed by atoms with Crippen LogP contribution in [0.2, 0.25) is 0 Å². The van der Waals surface area contributed by atoms with E-state index < -0.39 is 0 Å². The fourth-order valence-corrected chi connectivity index (χ4v) is 1.54. The highest BCUT2D eigenvalue weighted by Gasteiger charge is 2.05. The van der Waals surface area contributed by atoms with Crippen LogP contribution in [0.3, 0.4) is 0 Å². The lowest BCUT2D eigenvalue weighted by molar-refractivity contribution is -0.116. The van der Waals surface area contributed by atoms with E-state index >= 15 is 0 Å².